The van der Waals surface area contributed by atoms with Gasteiger partial charge in [0.15, 0.2) is 11.6 Å². The zero-order valence-corrected chi connectivity index (χ0v) is 8.88. The molecule has 0 aromatic carbocycles. The molecule has 0 aliphatic carbocycles. The van der Waals surface area contributed by atoms with Crippen molar-refractivity contribution < 1.29 is 9.18 Å². The number of nitrogen functional groups attached to an aromatic ring is 1. The highest BCUT2D eigenvalue weighted by Crippen LogP contribution is 2.06. The Hall–Kier alpha value is -2.09. The Labute approximate surface area is 93.1 Å². The molecule has 0 aliphatic heterocycles. The van der Waals surface area contributed by atoms with E-state index < -0.39 is 5.82 Å². The van der Waals surface area contributed by atoms with Crippen LogP contribution < -0.4 is 11.1 Å². The zero-order valence-electron chi connectivity index (χ0n) is 8.88. The molecule has 3 N–H and O–H groups in total. The smallest absolute Gasteiger partial charge is 0.216 e. The van der Waals surface area contributed by atoms with Crippen molar-refractivity contribution in [2.75, 3.05) is 12.3 Å². The first-order valence-electron chi connectivity index (χ1n) is 4.74. The van der Waals surface area contributed by atoms with Gasteiger partial charge in [-0.15, -0.1) is 0 Å². The minimum absolute atomic E-state index is 0.0954. The van der Waals surface area contributed by atoms with E-state index in [-0.39, 0.29) is 11.7 Å². The summed E-state index contributed by atoms with van der Waals surface area (Å²) in [6.07, 6.45) is 1.91. The third kappa shape index (κ3) is 3.96. The number of nitrogens with two attached hydrogens (primary N) is 1. The van der Waals surface area contributed by atoms with E-state index in [1.165, 1.54) is 19.2 Å². The van der Waals surface area contributed by atoms with Crippen LogP contribution in [0.5, 0.6) is 0 Å². The van der Waals surface area contributed by atoms with Gasteiger partial charge >= 0.3 is 0 Å². The number of aromatic nitrogens is 1. The Morgan fingerprint density at radius 3 is 3.06 bits per heavy atom. The molecular weight excluding hydrogens is 209 g/mol. The van der Waals surface area contributed by atoms with Gasteiger partial charge in [0, 0.05) is 31.6 Å². The Morgan fingerprint density at radius 2 is 2.44 bits per heavy atom. The number of carbonyl (C=O) groups is 1. The first-order valence-corrected chi connectivity index (χ1v) is 4.74. The van der Waals surface area contributed by atoms with Crippen molar-refractivity contribution in [3.8, 4) is 11.8 Å². The van der Waals surface area contributed by atoms with Gasteiger partial charge in [0.05, 0.1) is 0 Å². The lowest BCUT2D eigenvalue weighted by Crippen LogP contribution is -2.20. The van der Waals surface area contributed by atoms with Crippen LogP contribution in [0.25, 0.3) is 0 Å². The molecule has 1 amide bonds. The van der Waals surface area contributed by atoms with Gasteiger partial charge in [-0.05, 0) is 6.07 Å². The fraction of sp³-hybridized carbons (Fsp3) is 0.273. The molecule has 1 aromatic heterocycles. The molecule has 0 spiro atoms. The number of nitrogens with one attached hydrogen (secondary N) is 1. The molecule has 5 heteroatoms. The predicted molar refractivity (Wildman–Crippen MR) is 58.8 cm³/mol. The van der Waals surface area contributed by atoms with E-state index in [0.29, 0.717) is 18.5 Å². The fourth-order valence-electron chi connectivity index (χ4n) is 0.982. The summed E-state index contributed by atoms with van der Waals surface area (Å²) in [6, 6.07) is 1.23. The summed E-state index contributed by atoms with van der Waals surface area (Å²) in [5, 5.41) is 2.60. The van der Waals surface area contributed by atoms with Crippen molar-refractivity contribution in [3.63, 3.8) is 0 Å². The maximum absolute atomic E-state index is 12.9. The van der Waals surface area contributed by atoms with Crippen LogP contribution in [0.4, 0.5) is 10.2 Å². The average Bonchev–Trinajstić information content (AvgIpc) is 2.22. The maximum atomic E-state index is 12.9. The summed E-state index contributed by atoms with van der Waals surface area (Å²) >= 11 is 0. The Kier molecular flexibility index (Phi) is 4.28. The molecule has 16 heavy (non-hydrogen) atoms. The Bertz CT molecular complexity index is 448. The van der Waals surface area contributed by atoms with E-state index in [2.05, 4.69) is 22.1 Å². The molecule has 0 radical (unpaired) electrons. The zero-order chi connectivity index (χ0) is 12.0. The molecule has 0 bridgehead atoms. The summed E-state index contributed by atoms with van der Waals surface area (Å²) in [7, 11) is 0. The molecule has 84 valence electrons. The quantitative estimate of drug-likeness (QED) is 0.570. The second kappa shape index (κ2) is 5.71. The third-order valence-electron chi connectivity index (χ3n) is 1.73. The highest BCUT2D eigenvalue weighted by molar-refractivity contribution is 5.72. The van der Waals surface area contributed by atoms with Gasteiger partial charge in [-0.1, -0.05) is 11.8 Å². The Morgan fingerprint density at radius 1 is 1.69 bits per heavy atom. The lowest BCUT2D eigenvalue weighted by Gasteiger charge is -1.96. The number of anilines is 1. The van der Waals surface area contributed by atoms with Crippen molar-refractivity contribution >= 4 is 11.7 Å². The lowest BCUT2D eigenvalue weighted by molar-refractivity contribution is -0.118. The molecule has 0 fully saturated rings. The summed E-state index contributed by atoms with van der Waals surface area (Å²) in [4.78, 5) is 14.2. The van der Waals surface area contributed by atoms with Crippen molar-refractivity contribution in [2.24, 2.45) is 0 Å². The normalized spacial score (nSPS) is 9.12. The van der Waals surface area contributed by atoms with E-state index >= 15 is 0 Å². The summed E-state index contributed by atoms with van der Waals surface area (Å²) < 4.78 is 12.9. The molecule has 0 saturated carbocycles. The minimum atomic E-state index is -0.575. The van der Waals surface area contributed by atoms with Crippen molar-refractivity contribution in [3.05, 3.63) is 23.6 Å². The van der Waals surface area contributed by atoms with Crippen LogP contribution in [-0.2, 0) is 4.79 Å². The van der Waals surface area contributed by atoms with Gasteiger partial charge < -0.3 is 11.1 Å². The number of halogens is 1. The molecule has 0 unspecified atom stereocenters. The first-order chi connectivity index (χ1) is 7.59. The topological polar surface area (TPSA) is 68.0 Å². The number of hydrogen-bond acceptors (Lipinski definition) is 3. The number of nitrogens with zero attached hydrogens (tertiary/aromatic N) is 1. The molecule has 0 saturated heterocycles. The predicted octanol–water partition coefficient (Wildman–Crippen LogP) is 0.681. The summed E-state index contributed by atoms with van der Waals surface area (Å²) in [5.41, 5.74) is 5.68. The van der Waals surface area contributed by atoms with Gasteiger partial charge in [-0.2, -0.15) is 0 Å². The van der Waals surface area contributed by atoms with Gasteiger partial charge in [0.1, 0.15) is 0 Å². The highest BCUT2D eigenvalue weighted by atomic mass is 19.1. The number of amides is 1. The van der Waals surface area contributed by atoms with E-state index in [4.69, 9.17) is 5.73 Å². The van der Waals surface area contributed by atoms with Crippen molar-refractivity contribution in [2.45, 2.75) is 13.3 Å². The molecule has 1 aromatic rings. The highest BCUT2D eigenvalue weighted by Gasteiger charge is 1.98. The monoisotopic (exact) mass is 221 g/mol. The van der Waals surface area contributed by atoms with Crippen LogP contribution >= 0.6 is 0 Å². The second-order valence-corrected chi connectivity index (χ2v) is 3.13. The van der Waals surface area contributed by atoms with Crippen LogP contribution in [0.2, 0.25) is 0 Å². The summed E-state index contributed by atoms with van der Waals surface area (Å²) in [6.45, 7) is 1.92. The van der Waals surface area contributed by atoms with E-state index in [0.717, 1.165) is 0 Å². The first kappa shape index (κ1) is 12.0. The maximum Gasteiger partial charge on any atom is 0.216 e. The molecule has 1 rings (SSSR count). The Balaban J connectivity index is 2.50. The molecular formula is C11H12FN3O. The number of pyridine rings is 1. The molecule has 4 nitrogen and oxygen atoms in total. The number of carbonyl (C=O) groups excluding carboxylic acids is 1. The van der Waals surface area contributed by atoms with Crippen LogP contribution in [-0.4, -0.2) is 17.4 Å². The van der Waals surface area contributed by atoms with Gasteiger partial charge in [0.25, 0.3) is 0 Å². The van der Waals surface area contributed by atoms with Crippen LogP contribution in [0, 0.1) is 17.7 Å². The molecule has 0 aliphatic rings. The lowest BCUT2D eigenvalue weighted by atomic mass is 10.2. The fourth-order valence-corrected chi connectivity index (χ4v) is 0.982. The third-order valence-corrected chi connectivity index (χ3v) is 1.73. The van der Waals surface area contributed by atoms with Crippen molar-refractivity contribution in [1.29, 1.82) is 0 Å². The van der Waals surface area contributed by atoms with Crippen LogP contribution in [0.15, 0.2) is 12.3 Å². The largest absolute Gasteiger partial charge is 0.381 e. The minimum Gasteiger partial charge on any atom is -0.381 e. The number of hydrogen-bond donors (Lipinski definition) is 2. The SMILES string of the molecule is CC(=O)NCCC#Cc1cnc(N)c(F)c1. The molecule has 0 atom stereocenters. The average molecular weight is 221 g/mol. The van der Waals surface area contributed by atoms with Gasteiger partial charge in [0.2, 0.25) is 5.91 Å². The second-order valence-electron chi connectivity index (χ2n) is 3.13. The van der Waals surface area contributed by atoms with E-state index in [1.807, 2.05) is 0 Å². The standard InChI is InChI=1S/C11H12FN3O/c1-8(16)14-5-3-2-4-9-6-10(12)11(13)15-7-9/h6-7H,3,5H2,1H3,(H2,13,15)(H,14,16). The van der Waals surface area contributed by atoms with E-state index in [1.54, 1.807) is 0 Å². The van der Waals surface area contributed by atoms with Crippen molar-refractivity contribution in [1.82, 2.24) is 10.3 Å². The van der Waals surface area contributed by atoms with Gasteiger partial charge in [-0.3, -0.25) is 4.79 Å². The van der Waals surface area contributed by atoms with E-state index in [9.17, 15) is 9.18 Å². The number of rotatable bonds is 2. The summed E-state index contributed by atoms with van der Waals surface area (Å²) in [5.74, 6) is 4.71. The van der Waals surface area contributed by atoms with Gasteiger partial charge in [-0.25, -0.2) is 9.37 Å². The van der Waals surface area contributed by atoms with Crippen LogP contribution in [0.1, 0.15) is 18.9 Å². The molecule has 1 heterocycles. The van der Waals surface area contributed by atoms with Crippen LogP contribution in [0.3, 0.4) is 0 Å².